The van der Waals surface area contributed by atoms with Gasteiger partial charge in [-0.1, -0.05) is 48.5 Å². The number of benzene rings is 3. The predicted molar refractivity (Wildman–Crippen MR) is 117 cm³/mol. The molecule has 0 saturated carbocycles. The molecule has 5 rings (SSSR count). The molecule has 0 aliphatic carbocycles. The number of nitrogens with zero attached hydrogens (tertiary/aromatic N) is 5. The smallest absolute Gasteiger partial charge is 0.254 e. The number of carbonyl (C=O) groups excluding carboxylic acids is 1. The normalized spacial score (nSPS) is 13.9. The van der Waals surface area contributed by atoms with Crippen molar-refractivity contribution < 1.29 is 9.53 Å². The molecule has 31 heavy (non-hydrogen) atoms. The SMILES string of the molecule is O=C(c1cc(-c2cccc(-c3ccccc3)c2)cc(-n2cnnn2)c1)N1CCOCC1. The van der Waals surface area contributed by atoms with Gasteiger partial charge in [-0.05, 0) is 56.9 Å². The number of hydrogen-bond acceptors (Lipinski definition) is 5. The van der Waals surface area contributed by atoms with E-state index in [1.165, 1.54) is 6.33 Å². The molecule has 1 saturated heterocycles. The molecule has 1 amide bonds. The molecule has 0 unspecified atom stereocenters. The van der Waals surface area contributed by atoms with Gasteiger partial charge in [0.05, 0.1) is 18.9 Å². The topological polar surface area (TPSA) is 73.1 Å². The Morgan fingerprint density at radius 1 is 0.806 bits per heavy atom. The van der Waals surface area contributed by atoms with Crippen molar-refractivity contribution in [2.45, 2.75) is 0 Å². The van der Waals surface area contributed by atoms with Crippen molar-refractivity contribution >= 4 is 5.91 Å². The quantitative estimate of drug-likeness (QED) is 0.514. The molecule has 154 valence electrons. The summed E-state index contributed by atoms with van der Waals surface area (Å²) >= 11 is 0. The van der Waals surface area contributed by atoms with Crippen molar-refractivity contribution in [3.63, 3.8) is 0 Å². The van der Waals surface area contributed by atoms with Crippen molar-refractivity contribution in [3.05, 3.63) is 84.7 Å². The first-order valence-electron chi connectivity index (χ1n) is 10.2. The Morgan fingerprint density at radius 3 is 2.29 bits per heavy atom. The minimum absolute atomic E-state index is 0.0151. The fourth-order valence-corrected chi connectivity index (χ4v) is 3.77. The van der Waals surface area contributed by atoms with Crippen LogP contribution in [0.15, 0.2) is 79.1 Å². The lowest BCUT2D eigenvalue weighted by Gasteiger charge is -2.27. The van der Waals surface area contributed by atoms with Gasteiger partial charge in [0.15, 0.2) is 0 Å². The summed E-state index contributed by atoms with van der Waals surface area (Å²) in [6, 6.07) is 24.3. The van der Waals surface area contributed by atoms with Crippen LogP contribution in [0.25, 0.3) is 27.9 Å². The second kappa shape index (κ2) is 8.49. The van der Waals surface area contributed by atoms with E-state index in [0.29, 0.717) is 31.9 Å². The Kier molecular flexibility index (Phi) is 5.24. The van der Waals surface area contributed by atoms with E-state index < -0.39 is 0 Å². The first-order chi connectivity index (χ1) is 15.3. The van der Waals surface area contributed by atoms with Crippen molar-refractivity contribution in [1.29, 1.82) is 0 Å². The maximum atomic E-state index is 13.2. The average Bonchev–Trinajstić information content (AvgIpc) is 3.40. The number of morpholine rings is 1. The maximum Gasteiger partial charge on any atom is 0.254 e. The Balaban J connectivity index is 1.58. The molecular weight excluding hydrogens is 390 g/mol. The summed E-state index contributed by atoms with van der Waals surface area (Å²) in [5, 5.41) is 11.5. The van der Waals surface area contributed by atoms with E-state index in [9.17, 15) is 4.79 Å². The van der Waals surface area contributed by atoms with Gasteiger partial charge < -0.3 is 9.64 Å². The third-order valence-corrected chi connectivity index (χ3v) is 5.38. The molecule has 4 aromatic rings. The summed E-state index contributed by atoms with van der Waals surface area (Å²) in [5.74, 6) is -0.0151. The van der Waals surface area contributed by atoms with Crippen LogP contribution in [-0.4, -0.2) is 57.3 Å². The number of hydrogen-bond donors (Lipinski definition) is 0. The maximum absolute atomic E-state index is 13.2. The average molecular weight is 411 g/mol. The first kappa shape index (κ1) is 19.1. The molecule has 7 nitrogen and oxygen atoms in total. The molecule has 1 aromatic heterocycles. The van der Waals surface area contributed by atoms with Crippen LogP contribution in [0.5, 0.6) is 0 Å². The second-order valence-corrected chi connectivity index (χ2v) is 7.37. The van der Waals surface area contributed by atoms with Crippen LogP contribution in [0.2, 0.25) is 0 Å². The fraction of sp³-hybridized carbons (Fsp3) is 0.167. The zero-order chi connectivity index (χ0) is 21.0. The Hall–Kier alpha value is -3.84. The number of rotatable bonds is 4. The lowest BCUT2D eigenvalue weighted by molar-refractivity contribution is 0.0303. The van der Waals surface area contributed by atoms with E-state index in [1.807, 2.05) is 53.4 Å². The Bertz CT molecular complexity index is 1190. The molecule has 0 N–H and O–H groups in total. The Labute approximate surface area is 179 Å². The van der Waals surface area contributed by atoms with E-state index >= 15 is 0 Å². The highest BCUT2D eigenvalue weighted by Crippen LogP contribution is 2.29. The molecule has 1 aliphatic rings. The van der Waals surface area contributed by atoms with E-state index in [2.05, 4.69) is 39.8 Å². The number of aromatic nitrogens is 4. The molecule has 1 fully saturated rings. The lowest BCUT2D eigenvalue weighted by atomic mass is 9.97. The molecule has 0 atom stereocenters. The summed E-state index contributed by atoms with van der Waals surface area (Å²) < 4.78 is 6.96. The summed E-state index contributed by atoms with van der Waals surface area (Å²) in [7, 11) is 0. The standard InChI is InChI=1S/C24H21N5O2/c30-24(28-9-11-31-12-10-28)22-14-21(15-23(16-22)29-17-25-26-27-29)20-8-4-7-19(13-20)18-5-2-1-3-6-18/h1-8,13-17H,9-12H2. The minimum atomic E-state index is -0.0151. The number of amides is 1. The van der Waals surface area contributed by atoms with Crippen molar-refractivity contribution in [2.24, 2.45) is 0 Å². The van der Waals surface area contributed by atoms with E-state index in [4.69, 9.17) is 4.74 Å². The van der Waals surface area contributed by atoms with Crippen molar-refractivity contribution in [1.82, 2.24) is 25.1 Å². The van der Waals surface area contributed by atoms with Crippen LogP contribution in [-0.2, 0) is 4.74 Å². The van der Waals surface area contributed by atoms with E-state index in [0.717, 1.165) is 27.9 Å². The molecule has 1 aliphatic heterocycles. The highest BCUT2D eigenvalue weighted by molar-refractivity contribution is 5.96. The zero-order valence-electron chi connectivity index (χ0n) is 16.9. The van der Waals surface area contributed by atoms with Crippen LogP contribution < -0.4 is 0 Å². The van der Waals surface area contributed by atoms with Crippen molar-refractivity contribution in [3.8, 4) is 27.9 Å². The minimum Gasteiger partial charge on any atom is -0.378 e. The summed E-state index contributed by atoms with van der Waals surface area (Å²) in [6.07, 6.45) is 1.53. The molecule has 0 spiro atoms. The third kappa shape index (κ3) is 4.08. The summed E-state index contributed by atoms with van der Waals surface area (Å²) in [6.45, 7) is 2.30. The molecule has 0 bridgehead atoms. The number of carbonyl (C=O) groups is 1. The van der Waals surface area contributed by atoms with Gasteiger partial charge >= 0.3 is 0 Å². The third-order valence-electron chi connectivity index (χ3n) is 5.38. The lowest BCUT2D eigenvalue weighted by Crippen LogP contribution is -2.40. The molecule has 7 heteroatoms. The van der Waals surface area contributed by atoms with Gasteiger partial charge in [-0.3, -0.25) is 4.79 Å². The van der Waals surface area contributed by atoms with Gasteiger partial charge in [0.25, 0.3) is 5.91 Å². The van der Waals surface area contributed by atoms with Gasteiger partial charge in [-0.15, -0.1) is 5.10 Å². The molecule has 3 aromatic carbocycles. The van der Waals surface area contributed by atoms with Crippen LogP contribution >= 0.6 is 0 Å². The van der Waals surface area contributed by atoms with Gasteiger partial charge in [0.2, 0.25) is 0 Å². The summed E-state index contributed by atoms with van der Waals surface area (Å²) in [5.41, 5.74) is 5.56. The molecule has 0 radical (unpaired) electrons. The number of tetrazole rings is 1. The molecule has 2 heterocycles. The Morgan fingerprint density at radius 2 is 1.55 bits per heavy atom. The monoisotopic (exact) mass is 411 g/mol. The van der Waals surface area contributed by atoms with Crippen LogP contribution in [0.4, 0.5) is 0 Å². The zero-order valence-corrected chi connectivity index (χ0v) is 16.9. The van der Waals surface area contributed by atoms with E-state index in [1.54, 1.807) is 4.68 Å². The van der Waals surface area contributed by atoms with Crippen LogP contribution in [0.3, 0.4) is 0 Å². The number of ether oxygens (including phenoxy) is 1. The second-order valence-electron chi connectivity index (χ2n) is 7.37. The summed E-state index contributed by atoms with van der Waals surface area (Å²) in [4.78, 5) is 15.0. The molecular formula is C24H21N5O2. The van der Waals surface area contributed by atoms with Gasteiger partial charge in [0, 0.05) is 18.7 Å². The van der Waals surface area contributed by atoms with Crippen LogP contribution in [0, 0.1) is 0 Å². The van der Waals surface area contributed by atoms with Gasteiger partial charge in [-0.25, -0.2) is 4.68 Å². The van der Waals surface area contributed by atoms with Gasteiger partial charge in [-0.2, -0.15) is 0 Å². The fourth-order valence-electron chi connectivity index (χ4n) is 3.77. The predicted octanol–water partition coefficient (Wildman–Crippen LogP) is 3.47. The van der Waals surface area contributed by atoms with Gasteiger partial charge in [0.1, 0.15) is 6.33 Å². The van der Waals surface area contributed by atoms with Crippen LogP contribution in [0.1, 0.15) is 10.4 Å². The largest absolute Gasteiger partial charge is 0.378 e. The van der Waals surface area contributed by atoms with E-state index in [-0.39, 0.29) is 5.91 Å². The highest BCUT2D eigenvalue weighted by Gasteiger charge is 2.20. The first-order valence-corrected chi connectivity index (χ1v) is 10.2. The highest BCUT2D eigenvalue weighted by atomic mass is 16.5. The van der Waals surface area contributed by atoms with Crippen molar-refractivity contribution in [2.75, 3.05) is 26.3 Å².